The lowest BCUT2D eigenvalue weighted by Gasteiger charge is -2.15. The first kappa shape index (κ1) is 13.8. The summed E-state index contributed by atoms with van der Waals surface area (Å²) in [6.45, 7) is 0.720. The summed E-state index contributed by atoms with van der Waals surface area (Å²) in [5.41, 5.74) is 0.866. The van der Waals surface area contributed by atoms with E-state index in [1.165, 1.54) is 4.88 Å². The molecule has 0 unspecified atom stereocenters. The summed E-state index contributed by atoms with van der Waals surface area (Å²) in [7, 11) is 0. The monoisotopic (exact) mass is 349 g/mol. The number of amides is 1. The van der Waals surface area contributed by atoms with E-state index >= 15 is 0 Å². The number of thiophene rings is 1. The van der Waals surface area contributed by atoms with E-state index in [2.05, 4.69) is 44.8 Å². The van der Waals surface area contributed by atoms with Crippen molar-refractivity contribution in [3.63, 3.8) is 0 Å². The molecule has 4 heteroatoms. The number of halogens is 1. The molecule has 1 saturated carbocycles. The summed E-state index contributed by atoms with van der Waals surface area (Å²) in [6.07, 6.45) is 2.83. The number of hydrogen-bond acceptors (Lipinski definition) is 2. The maximum atomic E-state index is 12.4. The number of rotatable bonds is 5. The van der Waals surface area contributed by atoms with Gasteiger partial charge in [-0.2, -0.15) is 0 Å². The summed E-state index contributed by atoms with van der Waals surface area (Å²) >= 11 is 5.17. The minimum absolute atomic E-state index is 0.177. The Bertz CT molecular complexity index is 587. The van der Waals surface area contributed by atoms with Gasteiger partial charge in [0.25, 0.3) is 0 Å². The highest BCUT2D eigenvalue weighted by Crippen LogP contribution is 2.48. The van der Waals surface area contributed by atoms with Gasteiger partial charge >= 0.3 is 0 Å². The molecule has 2 nitrogen and oxygen atoms in total. The molecule has 0 saturated heterocycles. The van der Waals surface area contributed by atoms with Gasteiger partial charge in [0.1, 0.15) is 0 Å². The Balaban J connectivity index is 1.60. The average Bonchev–Trinajstić information content (AvgIpc) is 3.10. The molecule has 0 atom stereocenters. The maximum Gasteiger partial charge on any atom is 0.230 e. The molecule has 3 rings (SSSR count). The van der Waals surface area contributed by atoms with Crippen molar-refractivity contribution in [1.82, 2.24) is 5.32 Å². The lowest BCUT2D eigenvalue weighted by Crippen LogP contribution is -2.35. The molecule has 1 aliphatic rings. The topological polar surface area (TPSA) is 29.1 Å². The summed E-state index contributed by atoms with van der Waals surface area (Å²) in [6, 6.07) is 12.3. The molecule has 0 spiro atoms. The van der Waals surface area contributed by atoms with Crippen molar-refractivity contribution in [2.24, 2.45) is 0 Å². The summed E-state index contributed by atoms with van der Waals surface area (Å²) in [4.78, 5) is 13.7. The summed E-state index contributed by atoms with van der Waals surface area (Å²) in [5, 5.41) is 5.16. The minimum Gasteiger partial charge on any atom is -0.355 e. The van der Waals surface area contributed by atoms with Crippen molar-refractivity contribution in [3.8, 4) is 0 Å². The van der Waals surface area contributed by atoms with Gasteiger partial charge in [0.15, 0.2) is 0 Å². The molecule has 0 radical (unpaired) electrons. The van der Waals surface area contributed by atoms with Crippen LogP contribution >= 0.6 is 27.3 Å². The molecule has 1 heterocycles. The van der Waals surface area contributed by atoms with Crippen molar-refractivity contribution in [1.29, 1.82) is 0 Å². The predicted octanol–water partition coefficient (Wildman–Crippen LogP) is 3.90. The van der Waals surface area contributed by atoms with Crippen LogP contribution in [-0.2, 0) is 16.6 Å². The van der Waals surface area contributed by atoms with E-state index in [0.29, 0.717) is 0 Å². The third kappa shape index (κ3) is 2.81. The fourth-order valence-corrected chi connectivity index (χ4v) is 3.44. The Labute approximate surface area is 131 Å². The third-order valence-electron chi connectivity index (χ3n) is 3.82. The summed E-state index contributed by atoms with van der Waals surface area (Å²) in [5.74, 6) is 0.177. The highest BCUT2D eigenvalue weighted by molar-refractivity contribution is 9.10. The first-order chi connectivity index (χ1) is 9.71. The van der Waals surface area contributed by atoms with Crippen molar-refractivity contribution in [2.45, 2.75) is 24.7 Å². The Morgan fingerprint density at radius 2 is 2.00 bits per heavy atom. The van der Waals surface area contributed by atoms with Gasteiger partial charge in [0.2, 0.25) is 5.91 Å². The fraction of sp³-hybridized carbons (Fsp3) is 0.312. The van der Waals surface area contributed by atoms with E-state index in [1.54, 1.807) is 11.3 Å². The van der Waals surface area contributed by atoms with Gasteiger partial charge in [-0.05, 0) is 48.4 Å². The molecule has 1 fully saturated rings. The second-order valence-corrected chi connectivity index (χ2v) is 7.12. The largest absolute Gasteiger partial charge is 0.355 e. The van der Waals surface area contributed by atoms with Gasteiger partial charge in [-0.25, -0.2) is 0 Å². The number of carbonyl (C=O) groups is 1. The Morgan fingerprint density at radius 1 is 1.25 bits per heavy atom. The quantitative estimate of drug-likeness (QED) is 0.871. The van der Waals surface area contributed by atoms with Gasteiger partial charge in [-0.3, -0.25) is 4.79 Å². The fourth-order valence-electron chi connectivity index (χ4n) is 2.46. The van der Waals surface area contributed by atoms with Crippen LogP contribution in [0, 0.1) is 0 Å². The Kier molecular flexibility index (Phi) is 3.94. The van der Waals surface area contributed by atoms with Crippen LogP contribution in [0.4, 0.5) is 0 Å². The van der Waals surface area contributed by atoms with Crippen LogP contribution < -0.4 is 5.32 Å². The first-order valence-electron chi connectivity index (χ1n) is 6.77. The SMILES string of the molecule is O=C(NCCc1cccs1)C1(c2ccc(Br)cc2)CC1. The smallest absolute Gasteiger partial charge is 0.230 e. The normalized spacial score (nSPS) is 15.8. The highest BCUT2D eigenvalue weighted by atomic mass is 79.9. The van der Waals surface area contributed by atoms with Crippen LogP contribution in [0.1, 0.15) is 23.3 Å². The zero-order valence-corrected chi connectivity index (χ0v) is 13.5. The van der Waals surface area contributed by atoms with Crippen molar-refractivity contribution in [2.75, 3.05) is 6.54 Å². The van der Waals surface area contributed by atoms with Crippen LogP contribution in [0.3, 0.4) is 0 Å². The molecule has 104 valence electrons. The van der Waals surface area contributed by atoms with Crippen LogP contribution in [0.15, 0.2) is 46.3 Å². The Morgan fingerprint density at radius 3 is 2.60 bits per heavy atom. The van der Waals surface area contributed by atoms with Gasteiger partial charge < -0.3 is 5.32 Å². The molecule has 1 aromatic carbocycles. The molecular weight excluding hydrogens is 334 g/mol. The Hall–Kier alpha value is -1.13. The van der Waals surface area contributed by atoms with Gasteiger partial charge in [0, 0.05) is 15.9 Å². The van der Waals surface area contributed by atoms with Crippen LogP contribution in [0.5, 0.6) is 0 Å². The third-order valence-corrected chi connectivity index (χ3v) is 5.28. The standard InChI is InChI=1S/C16H16BrNOS/c17-13-5-3-12(4-6-13)16(8-9-16)15(19)18-10-7-14-2-1-11-20-14/h1-6,11H,7-10H2,(H,18,19). The molecular formula is C16H16BrNOS. The molecule has 2 aromatic rings. The van der Waals surface area contributed by atoms with E-state index in [4.69, 9.17) is 0 Å². The van der Waals surface area contributed by atoms with E-state index in [1.807, 2.05) is 18.2 Å². The highest BCUT2D eigenvalue weighted by Gasteiger charge is 2.50. The summed E-state index contributed by atoms with van der Waals surface area (Å²) < 4.78 is 1.05. The van der Waals surface area contributed by atoms with E-state index in [0.717, 1.165) is 35.8 Å². The first-order valence-corrected chi connectivity index (χ1v) is 8.45. The zero-order valence-electron chi connectivity index (χ0n) is 11.1. The number of nitrogens with one attached hydrogen (secondary N) is 1. The molecule has 20 heavy (non-hydrogen) atoms. The average molecular weight is 350 g/mol. The van der Waals surface area contributed by atoms with Crippen LogP contribution in [-0.4, -0.2) is 12.5 Å². The molecule has 1 amide bonds. The van der Waals surface area contributed by atoms with E-state index in [-0.39, 0.29) is 11.3 Å². The second kappa shape index (κ2) is 5.70. The number of benzene rings is 1. The predicted molar refractivity (Wildman–Crippen MR) is 86.1 cm³/mol. The van der Waals surface area contributed by atoms with Crippen molar-refractivity contribution < 1.29 is 4.79 Å². The lowest BCUT2D eigenvalue weighted by atomic mass is 9.95. The van der Waals surface area contributed by atoms with Gasteiger partial charge in [-0.1, -0.05) is 34.1 Å². The maximum absolute atomic E-state index is 12.4. The molecule has 1 aliphatic carbocycles. The number of hydrogen-bond donors (Lipinski definition) is 1. The molecule has 1 N–H and O–H groups in total. The molecule has 0 aliphatic heterocycles. The second-order valence-electron chi connectivity index (χ2n) is 5.17. The van der Waals surface area contributed by atoms with Crippen molar-refractivity contribution >= 4 is 33.2 Å². The zero-order chi connectivity index (χ0) is 14.0. The van der Waals surface area contributed by atoms with E-state index in [9.17, 15) is 4.79 Å². The van der Waals surface area contributed by atoms with Gasteiger partial charge in [-0.15, -0.1) is 11.3 Å². The molecule has 1 aromatic heterocycles. The minimum atomic E-state index is -0.268. The number of carbonyl (C=O) groups excluding carboxylic acids is 1. The lowest BCUT2D eigenvalue weighted by molar-refractivity contribution is -0.123. The van der Waals surface area contributed by atoms with E-state index < -0.39 is 0 Å². The van der Waals surface area contributed by atoms with Crippen molar-refractivity contribution in [3.05, 3.63) is 56.7 Å². The van der Waals surface area contributed by atoms with Crippen LogP contribution in [0.2, 0.25) is 0 Å². The van der Waals surface area contributed by atoms with Crippen LogP contribution in [0.25, 0.3) is 0 Å². The molecule has 0 bridgehead atoms. The van der Waals surface area contributed by atoms with Gasteiger partial charge in [0.05, 0.1) is 5.41 Å².